The number of hydrogen-bond donors (Lipinski definition) is 5. The van der Waals surface area contributed by atoms with Crippen molar-refractivity contribution >= 4 is 29.5 Å². The van der Waals surface area contributed by atoms with Crippen LogP contribution in [-0.4, -0.2) is 66.8 Å². The number of unbranched alkanes of at least 4 members (excludes halogenated alkanes) is 3. The zero-order valence-corrected chi connectivity index (χ0v) is 28.2. The molecule has 1 unspecified atom stereocenters. The lowest BCUT2D eigenvalue weighted by atomic mass is 9.78. The van der Waals surface area contributed by atoms with Crippen LogP contribution in [0, 0.1) is 5.92 Å². The largest absolute Gasteiger partial charge is 0.370 e. The summed E-state index contributed by atoms with van der Waals surface area (Å²) in [6.45, 7) is 5.48. The third kappa shape index (κ3) is 11.8. The lowest BCUT2D eigenvalue weighted by Gasteiger charge is -2.34. The number of nitrogens with zero attached hydrogens (tertiary/aromatic N) is 2. The number of amides is 1. The van der Waals surface area contributed by atoms with Crippen LogP contribution in [0.5, 0.6) is 0 Å². The molecule has 1 atom stereocenters. The number of likely N-dealkylation sites (tertiary alicyclic amines) is 1. The van der Waals surface area contributed by atoms with Gasteiger partial charge in [-0.05, 0) is 61.3 Å². The third-order valence-corrected chi connectivity index (χ3v) is 11.0. The van der Waals surface area contributed by atoms with Gasteiger partial charge in [0.15, 0.2) is 5.96 Å². The van der Waals surface area contributed by atoms with E-state index in [4.69, 9.17) is 21.3 Å². The summed E-state index contributed by atoms with van der Waals surface area (Å²) in [5.41, 5.74) is 12.4. The third-order valence-electron chi connectivity index (χ3n) is 8.64. The van der Waals surface area contributed by atoms with Crippen LogP contribution in [0.25, 0.3) is 0 Å². The highest BCUT2D eigenvalue weighted by atomic mass is 32.2. The molecule has 0 spiro atoms. The quantitative estimate of drug-likeness (QED) is 0.0724. The molecule has 1 aliphatic rings. The molecule has 0 aromatic heterocycles. The van der Waals surface area contributed by atoms with Gasteiger partial charge in [0.1, 0.15) is 6.04 Å². The molecule has 1 amide bonds. The number of aliphatic imine (C=N–C) groups is 1. The van der Waals surface area contributed by atoms with Crippen LogP contribution in [0.4, 0.5) is 0 Å². The summed E-state index contributed by atoms with van der Waals surface area (Å²) in [6, 6.07) is 15.8. The molecule has 1 aliphatic heterocycles. The first-order valence-corrected chi connectivity index (χ1v) is 19.0. The van der Waals surface area contributed by atoms with Gasteiger partial charge < -0.3 is 26.2 Å². The van der Waals surface area contributed by atoms with Gasteiger partial charge in [-0.15, -0.1) is 0 Å². The standard InChI is InChI=1S/C32H50N5O6PS/c1-32(2,26-13-7-5-8-14-26)27-15-10-16-28(24-27)45(42,43)36-29(17-11-20-35-31(33)34)30(38)37-21-18-25(19-22-37)12-6-3-4-9-23-44(39,40)41/h5,7-8,10,13-16,24-25,29,36H,3-4,6,9,11-12,17-23H2,1-2H3,(H4,33,34,35)(H2,39,40,41). The monoisotopic (exact) mass is 663 g/mol. The van der Waals surface area contributed by atoms with Crippen molar-refractivity contribution in [2.24, 2.45) is 22.4 Å². The summed E-state index contributed by atoms with van der Waals surface area (Å²) >= 11 is 0. The first kappa shape index (κ1) is 36.7. The molecule has 1 fully saturated rings. The van der Waals surface area contributed by atoms with Gasteiger partial charge in [0.25, 0.3) is 0 Å². The zero-order chi connectivity index (χ0) is 33.1. The molecule has 0 aliphatic carbocycles. The molecule has 2 aromatic rings. The second kappa shape index (κ2) is 16.7. The van der Waals surface area contributed by atoms with Gasteiger partial charge in [0.05, 0.1) is 4.90 Å². The van der Waals surface area contributed by atoms with E-state index < -0.39 is 29.1 Å². The summed E-state index contributed by atoms with van der Waals surface area (Å²) in [4.78, 5) is 37.5. The first-order valence-electron chi connectivity index (χ1n) is 15.8. The maximum absolute atomic E-state index is 13.7. The van der Waals surface area contributed by atoms with Crippen molar-refractivity contribution in [1.29, 1.82) is 0 Å². The van der Waals surface area contributed by atoms with Crippen molar-refractivity contribution in [1.82, 2.24) is 9.62 Å². The van der Waals surface area contributed by atoms with Crippen LogP contribution in [0.15, 0.2) is 64.5 Å². The van der Waals surface area contributed by atoms with E-state index in [-0.39, 0.29) is 35.9 Å². The van der Waals surface area contributed by atoms with Gasteiger partial charge in [0, 0.05) is 31.2 Å². The van der Waals surface area contributed by atoms with E-state index in [9.17, 15) is 17.8 Å². The Morgan fingerprint density at radius 2 is 1.64 bits per heavy atom. The van der Waals surface area contributed by atoms with E-state index in [2.05, 4.69) is 9.71 Å². The predicted octanol–water partition coefficient (Wildman–Crippen LogP) is 4.08. The van der Waals surface area contributed by atoms with E-state index in [0.29, 0.717) is 31.8 Å². The van der Waals surface area contributed by atoms with Crippen LogP contribution < -0.4 is 16.2 Å². The minimum Gasteiger partial charge on any atom is -0.370 e. The average molecular weight is 664 g/mol. The smallest absolute Gasteiger partial charge is 0.325 e. The molecule has 0 radical (unpaired) electrons. The number of hydrogen-bond acceptors (Lipinski definition) is 5. The molecule has 11 nitrogen and oxygen atoms in total. The Labute approximate surface area is 268 Å². The summed E-state index contributed by atoms with van der Waals surface area (Å²) in [5, 5.41) is 0. The van der Waals surface area contributed by atoms with E-state index in [1.54, 1.807) is 23.1 Å². The Morgan fingerprint density at radius 1 is 1.00 bits per heavy atom. The highest BCUT2D eigenvalue weighted by Gasteiger charge is 2.32. The summed E-state index contributed by atoms with van der Waals surface area (Å²) in [7, 11) is -7.96. The first-order chi connectivity index (χ1) is 21.2. The SMILES string of the molecule is CC(C)(c1ccccc1)c1cccc(S(=O)(=O)NC(CCCN=C(N)N)C(=O)N2CCC(CCCCCCP(=O)(O)O)CC2)c1. The van der Waals surface area contributed by atoms with Gasteiger partial charge in [-0.25, -0.2) is 8.42 Å². The fourth-order valence-corrected chi connectivity index (χ4v) is 7.74. The predicted molar refractivity (Wildman–Crippen MR) is 178 cm³/mol. The molecule has 3 rings (SSSR count). The van der Waals surface area contributed by atoms with E-state index in [0.717, 1.165) is 49.7 Å². The van der Waals surface area contributed by atoms with E-state index in [1.807, 2.05) is 50.2 Å². The van der Waals surface area contributed by atoms with Crippen LogP contribution in [0.1, 0.15) is 82.8 Å². The molecule has 0 bridgehead atoms. The number of carbonyl (C=O) groups excluding carboxylic acids is 1. The number of sulfonamides is 1. The van der Waals surface area contributed by atoms with Crippen molar-refractivity contribution in [3.63, 3.8) is 0 Å². The highest BCUT2D eigenvalue weighted by molar-refractivity contribution is 7.89. The average Bonchev–Trinajstić information content (AvgIpc) is 3.00. The minimum atomic E-state index is -4.03. The Bertz CT molecular complexity index is 1420. The van der Waals surface area contributed by atoms with E-state index in [1.165, 1.54) is 0 Å². The Balaban J connectivity index is 1.65. The molecule has 7 N–H and O–H groups in total. The molecule has 250 valence electrons. The molecular weight excluding hydrogens is 613 g/mol. The number of carbonyl (C=O) groups is 1. The maximum Gasteiger partial charge on any atom is 0.325 e. The maximum atomic E-state index is 13.7. The molecule has 45 heavy (non-hydrogen) atoms. The minimum absolute atomic E-state index is 0.0554. The van der Waals surface area contributed by atoms with Gasteiger partial charge in [-0.1, -0.05) is 82.0 Å². The number of nitrogens with one attached hydrogen (secondary N) is 1. The van der Waals surface area contributed by atoms with Crippen molar-refractivity contribution in [2.75, 3.05) is 25.8 Å². The molecule has 0 saturated carbocycles. The zero-order valence-electron chi connectivity index (χ0n) is 26.5. The second-order valence-electron chi connectivity index (χ2n) is 12.5. The molecule has 2 aromatic carbocycles. The Kier molecular flexibility index (Phi) is 13.6. The fourth-order valence-electron chi connectivity index (χ4n) is 5.83. The van der Waals surface area contributed by atoms with Gasteiger partial charge in [0.2, 0.25) is 15.9 Å². The highest BCUT2D eigenvalue weighted by Crippen LogP contribution is 2.36. The normalized spacial score (nSPS) is 15.5. The Hall–Kier alpha value is -2.76. The summed E-state index contributed by atoms with van der Waals surface area (Å²) < 4.78 is 41.1. The van der Waals surface area contributed by atoms with Gasteiger partial charge in [-0.3, -0.25) is 14.4 Å². The van der Waals surface area contributed by atoms with Gasteiger partial charge in [-0.2, -0.15) is 4.72 Å². The lowest BCUT2D eigenvalue weighted by molar-refractivity contribution is -0.134. The van der Waals surface area contributed by atoms with Crippen molar-refractivity contribution < 1.29 is 27.6 Å². The molecular formula is C32H50N5O6PS. The number of guanidine groups is 1. The molecule has 1 heterocycles. The van der Waals surface area contributed by atoms with Crippen molar-refractivity contribution in [3.05, 3.63) is 65.7 Å². The van der Waals surface area contributed by atoms with Crippen LogP contribution in [-0.2, 0) is 24.8 Å². The summed E-state index contributed by atoms with van der Waals surface area (Å²) in [6.07, 6.45) is 6.48. The van der Waals surface area contributed by atoms with Gasteiger partial charge >= 0.3 is 7.60 Å². The van der Waals surface area contributed by atoms with Crippen LogP contribution in [0.2, 0.25) is 0 Å². The van der Waals surface area contributed by atoms with Crippen LogP contribution >= 0.6 is 7.60 Å². The summed E-state index contributed by atoms with van der Waals surface area (Å²) in [5.74, 6) is 0.156. The number of piperidine rings is 1. The lowest BCUT2D eigenvalue weighted by Crippen LogP contribution is -2.50. The van der Waals surface area contributed by atoms with Crippen molar-refractivity contribution in [2.45, 2.75) is 88.0 Å². The number of rotatable bonds is 17. The molecule has 1 saturated heterocycles. The number of benzene rings is 2. The topological polar surface area (TPSA) is 188 Å². The van der Waals surface area contributed by atoms with E-state index >= 15 is 0 Å². The van der Waals surface area contributed by atoms with Crippen LogP contribution in [0.3, 0.4) is 0 Å². The second-order valence-corrected chi connectivity index (χ2v) is 16.0. The number of nitrogens with two attached hydrogens (primary N) is 2. The van der Waals surface area contributed by atoms with Crippen molar-refractivity contribution in [3.8, 4) is 0 Å². The fraction of sp³-hybridized carbons (Fsp3) is 0.562. The molecule has 13 heteroatoms. The Morgan fingerprint density at radius 3 is 2.29 bits per heavy atom.